The van der Waals surface area contributed by atoms with Crippen LogP contribution < -0.4 is 0 Å². The summed E-state index contributed by atoms with van der Waals surface area (Å²) in [6.45, 7) is 6.69. The summed E-state index contributed by atoms with van der Waals surface area (Å²) in [5.41, 5.74) is 0.417. The van der Waals surface area contributed by atoms with E-state index >= 15 is 0 Å². The molecule has 5 nitrogen and oxygen atoms in total. The van der Waals surface area contributed by atoms with Gasteiger partial charge in [-0.15, -0.1) is 0 Å². The highest BCUT2D eigenvalue weighted by Crippen LogP contribution is 2.66. The van der Waals surface area contributed by atoms with E-state index in [1.165, 1.54) is 23.8 Å². The van der Waals surface area contributed by atoms with Gasteiger partial charge in [0.05, 0.1) is 0 Å². The maximum absolute atomic E-state index is 12.7. The molecule has 0 spiro atoms. The van der Waals surface area contributed by atoms with Gasteiger partial charge in [-0.2, -0.15) is 0 Å². The van der Waals surface area contributed by atoms with Crippen LogP contribution in [0.5, 0.6) is 0 Å². The second kappa shape index (κ2) is 6.68. The standard InChI is InChI=1S/C24H34N2O3/c1-15-25-12-13-26(15)22(28)29-21-7-6-19-18-5-4-16-14-17(27)8-10-23(16,2)20(18)9-11-24(19,21)3/h12-13,16,18-21H,4-11,14H2,1-3H3/t16-,18-,19-,20-,21-,23-,24-/m0/s1. The fourth-order valence-corrected chi connectivity index (χ4v) is 7.94. The van der Waals surface area contributed by atoms with Crippen LogP contribution >= 0.6 is 0 Å². The molecule has 0 aromatic carbocycles. The third-order valence-electron chi connectivity index (χ3n) is 9.66. The molecule has 1 aromatic rings. The lowest BCUT2D eigenvalue weighted by Crippen LogP contribution is -2.54. The van der Waals surface area contributed by atoms with Crippen molar-refractivity contribution in [2.45, 2.75) is 84.7 Å². The van der Waals surface area contributed by atoms with Gasteiger partial charge in [-0.25, -0.2) is 14.3 Å². The van der Waals surface area contributed by atoms with E-state index in [1.54, 1.807) is 12.4 Å². The molecule has 0 radical (unpaired) electrons. The SMILES string of the molecule is Cc1nccn1C(=O)O[C@H]1CC[C@H]2[C@@H]3CC[C@H]4CC(=O)CC[C@]4(C)[C@H]3CC[C@]12C. The van der Waals surface area contributed by atoms with Crippen molar-refractivity contribution in [2.75, 3.05) is 0 Å². The number of carbonyl (C=O) groups excluding carboxylic acids is 2. The van der Waals surface area contributed by atoms with Gasteiger partial charge in [0.25, 0.3) is 0 Å². The van der Waals surface area contributed by atoms with Gasteiger partial charge in [0.1, 0.15) is 17.7 Å². The fraction of sp³-hybridized carbons (Fsp3) is 0.792. The molecular weight excluding hydrogens is 364 g/mol. The summed E-state index contributed by atoms with van der Waals surface area (Å²) in [5.74, 6) is 3.84. The number of carbonyl (C=O) groups is 2. The van der Waals surface area contributed by atoms with E-state index < -0.39 is 0 Å². The summed E-state index contributed by atoms with van der Waals surface area (Å²) in [7, 11) is 0. The highest BCUT2D eigenvalue weighted by Gasteiger charge is 2.61. The lowest BCUT2D eigenvalue weighted by atomic mass is 9.45. The second-order valence-corrected chi connectivity index (χ2v) is 10.7. The molecule has 0 aliphatic heterocycles. The average molecular weight is 399 g/mol. The predicted octanol–water partition coefficient (Wildman–Crippen LogP) is 5.16. The molecule has 7 atom stereocenters. The summed E-state index contributed by atoms with van der Waals surface area (Å²) < 4.78 is 7.60. The number of hydrogen-bond donors (Lipinski definition) is 0. The first kappa shape index (κ1) is 19.3. The Balaban J connectivity index is 1.35. The van der Waals surface area contributed by atoms with Crippen LogP contribution in [0, 0.1) is 41.4 Å². The Morgan fingerprint density at radius 2 is 1.90 bits per heavy atom. The summed E-state index contributed by atoms with van der Waals surface area (Å²) in [5, 5.41) is 0. The maximum atomic E-state index is 12.7. The van der Waals surface area contributed by atoms with Crippen LogP contribution in [0.1, 0.15) is 77.5 Å². The number of Topliss-reactive ketones (excluding diaryl/α,β-unsaturated/α-hetero) is 1. The number of imidazole rings is 1. The van der Waals surface area contributed by atoms with E-state index in [1.807, 2.05) is 6.92 Å². The number of aromatic nitrogens is 2. The molecule has 0 amide bonds. The number of nitrogens with zero attached hydrogens (tertiary/aromatic N) is 2. The minimum Gasteiger partial charge on any atom is -0.445 e. The smallest absolute Gasteiger partial charge is 0.419 e. The molecule has 0 unspecified atom stereocenters. The van der Waals surface area contributed by atoms with E-state index in [-0.39, 0.29) is 17.6 Å². The summed E-state index contributed by atoms with van der Waals surface area (Å²) in [4.78, 5) is 28.9. The highest BCUT2D eigenvalue weighted by molar-refractivity contribution is 5.79. The minimum absolute atomic E-state index is 0.00112. The van der Waals surface area contributed by atoms with Crippen molar-refractivity contribution in [3.63, 3.8) is 0 Å². The van der Waals surface area contributed by atoms with Crippen LogP contribution in [0.4, 0.5) is 4.79 Å². The van der Waals surface area contributed by atoms with Crippen molar-refractivity contribution in [3.05, 3.63) is 18.2 Å². The molecule has 4 fully saturated rings. The number of hydrogen-bond acceptors (Lipinski definition) is 4. The zero-order valence-corrected chi connectivity index (χ0v) is 18.0. The molecule has 158 valence electrons. The summed E-state index contributed by atoms with van der Waals surface area (Å²) >= 11 is 0. The van der Waals surface area contributed by atoms with Gasteiger partial charge in [0, 0.05) is 30.7 Å². The summed E-state index contributed by atoms with van der Waals surface area (Å²) in [6.07, 6.45) is 12.7. The van der Waals surface area contributed by atoms with Crippen LogP contribution in [0.25, 0.3) is 0 Å². The van der Waals surface area contributed by atoms with Crippen molar-refractivity contribution in [1.29, 1.82) is 0 Å². The minimum atomic E-state index is -0.282. The molecular formula is C24H34N2O3. The van der Waals surface area contributed by atoms with Crippen molar-refractivity contribution >= 4 is 11.9 Å². The molecule has 29 heavy (non-hydrogen) atoms. The highest BCUT2D eigenvalue weighted by atomic mass is 16.6. The van der Waals surface area contributed by atoms with Crippen molar-refractivity contribution in [2.24, 2.45) is 34.5 Å². The Morgan fingerprint density at radius 3 is 2.66 bits per heavy atom. The number of ether oxygens (including phenoxy) is 1. The third-order valence-corrected chi connectivity index (χ3v) is 9.66. The monoisotopic (exact) mass is 398 g/mol. The van der Waals surface area contributed by atoms with Crippen LogP contribution in [0.3, 0.4) is 0 Å². The Bertz CT molecular complexity index is 832. The quantitative estimate of drug-likeness (QED) is 0.656. The van der Waals surface area contributed by atoms with Crippen LogP contribution in [0.15, 0.2) is 12.4 Å². The number of rotatable bonds is 1. The first-order chi connectivity index (χ1) is 13.8. The van der Waals surface area contributed by atoms with E-state index in [9.17, 15) is 9.59 Å². The number of fused-ring (bicyclic) bond motifs is 5. The van der Waals surface area contributed by atoms with Crippen molar-refractivity contribution < 1.29 is 14.3 Å². The normalized spacial score (nSPS) is 44.0. The van der Waals surface area contributed by atoms with Crippen LogP contribution in [-0.4, -0.2) is 27.5 Å². The Kier molecular flexibility index (Phi) is 4.45. The van der Waals surface area contributed by atoms with Crippen LogP contribution in [0.2, 0.25) is 0 Å². The number of aryl methyl sites for hydroxylation is 1. The first-order valence-corrected chi connectivity index (χ1v) is 11.6. The molecule has 4 saturated carbocycles. The topological polar surface area (TPSA) is 61.2 Å². The van der Waals surface area contributed by atoms with Crippen molar-refractivity contribution in [1.82, 2.24) is 9.55 Å². The summed E-state index contributed by atoms with van der Waals surface area (Å²) in [6, 6.07) is 0. The Morgan fingerprint density at radius 1 is 1.10 bits per heavy atom. The Labute approximate surface area is 173 Å². The molecule has 1 aromatic heterocycles. The molecule has 4 aliphatic carbocycles. The van der Waals surface area contributed by atoms with E-state index in [0.29, 0.717) is 28.9 Å². The zero-order chi connectivity index (χ0) is 20.4. The molecule has 5 rings (SSSR count). The van der Waals surface area contributed by atoms with Gasteiger partial charge < -0.3 is 4.74 Å². The maximum Gasteiger partial charge on any atom is 0.419 e. The van der Waals surface area contributed by atoms with E-state index in [2.05, 4.69) is 18.8 Å². The van der Waals surface area contributed by atoms with Gasteiger partial charge in [-0.05, 0) is 81.0 Å². The molecule has 1 heterocycles. The van der Waals surface area contributed by atoms with Gasteiger partial charge >= 0.3 is 6.09 Å². The first-order valence-electron chi connectivity index (χ1n) is 11.6. The molecule has 0 bridgehead atoms. The molecule has 5 heteroatoms. The van der Waals surface area contributed by atoms with Gasteiger partial charge in [0.2, 0.25) is 0 Å². The second-order valence-electron chi connectivity index (χ2n) is 10.7. The van der Waals surface area contributed by atoms with Gasteiger partial charge in [-0.1, -0.05) is 13.8 Å². The average Bonchev–Trinajstić information content (AvgIpc) is 3.26. The molecule has 4 aliphatic rings. The predicted molar refractivity (Wildman–Crippen MR) is 109 cm³/mol. The van der Waals surface area contributed by atoms with Gasteiger partial charge in [-0.3, -0.25) is 4.79 Å². The van der Waals surface area contributed by atoms with Gasteiger partial charge in [0.15, 0.2) is 0 Å². The van der Waals surface area contributed by atoms with Crippen LogP contribution in [-0.2, 0) is 9.53 Å². The Hall–Kier alpha value is -1.65. The molecule has 0 N–H and O–H groups in total. The largest absolute Gasteiger partial charge is 0.445 e. The molecule has 0 saturated heterocycles. The lowest BCUT2D eigenvalue weighted by Gasteiger charge is -2.60. The van der Waals surface area contributed by atoms with E-state index in [0.717, 1.165) is 50.4 Å². The van der Waals surface area contributed by atoms with E-state index in [4.69, 9.17) is 4.74 Å². The lowest BCUT2D eigenvalue weighted by molar-refractivity contribution is -0.142. The third kappa shape index (κ3) is 2.83. The number of ketones is 1. The zero-order valence-electron chi connectivity index (χ0n) is 18.0. The fourth-order valence-electron chi connectivity index (χ4n) is 7.94. The van der Waals surface area contributed by atoms with Crippen molar-refractivity contribution in [3.8, 4) is 0 Å².